The van der Waals surface area contributed by atoms with Crippen LogP contribution in [-0.4, -0.2) is 57.1 Å². The molecule has 158 valence electrons. The van der Waals surface area contributed by atoms with Crippen molar-refractivity contribution in [2.24, 2.45) is 11.3 Å². The molecule has 4 rings (SSSR count). The second-order valence-corrected chi connectivity index (χ2v) is 8.51. The Kier molecular flexibility index (Phi) is 5.77. The highest BCUT2D eigenvalue weighted by Gasteiger charge is 2.51. The number of carbonyl (C=O) groups is 2. The molecular weight excluding hydrogens is 378 g/mol. The molecule has 0 aromatic heterocycles. The summed E-state index contributed by atoms with van der Waals surface area (Å²) in [5.74, 6) is -0.269. The fourth-order valence-electron chi connectivity index (χ4n) is 4.60. The molecule has 2 saturated heterocycles. The number of rotatable bonds is 4. The van der Waals surface area contributed by atoms with E-state index in [2.05, 4.69) is 5.32 Å². The summed E-state index contributed by atoms with van der Waals surface area (Å²) in [5.41, 5.74) is 2.27. The number of carbonyl (C=O) groups excluding carboxylic acids is 2. The molecule has 6 nitrogen and oxygen atoms in total. The topological polar surface area (TPSA) is 61.9 Å². The van der Waals surface area contributed by atoms with Crippen molar-refractivity contribution < 1.29 is 14.3 Å². The monoisotopic (exact) mass is 407 g/mol. The van der Waals surface area contributed by atoms with Crippen LogP contribution < -0.4 is 10.2 Å². The maximum absolute atomic E-state index is 13.2. The third kappa shape index (κ3) is 4.05. The first-order chi connectivity index (χ1) is 14.5. The first-order valence-corrected chi connectivity index (χ1v) is 10.5. The minimum absolute atomic E-state index is 0.0126. The lowest BCUT2D eigenvalue weighted by Crippen LogP contribution is -2.42. The van der Waals surface area contributed by atoms with Gasteiger partial charge in [0.25, 0.3) is 5.91 Å². The Labute approximate surface area is 177 Å². The van der Waals surface area contributed by atoms with Crippen LogP contribution in [0.25, 0.3) is 0 Å². The smallest absolute Gasteiger partial charge is 0.253 e. The summed E-state index contributed by atoms with van der Waals surface area (Å²) in [6.45, 7) is 2.30. The van der Waals surface area contributed by atoms with Crippen molar-refractivity contribution >= 4 is 23.2 Å². The van der Waals surface area contributed by atoms with E-state index in [1.54, 1.807) is 0 Å². The SMILES string of the molecule is CN(C)c1ccc(C(=O)N2C[C@H](C(=O)Nc3ccccc3)C3(CCOCC3)C2)cc1. The predicted molar refractivity (Wildman–Crippen MR) is 118 cm³/mol. The number of nitrogens with one attached hydrogen (secondary N) is 1. The van der Waals surface area contributed by atoms with Crippen LogP contribution in [0.3, 0.4) is 0 Å². The molecule has 2 aromatic carbocycles. The quantitative estimate of drug-likeness (QED) is 0.845. The van der Waals surface area contributed by atoms with Crippen LogP contribution in [-0.2, 0) is 9.53 Å². The molecule has 2 heterocycles. The number of hydrogen-bond donors (Lipinski definition) is 1. The van der Waals surface area contributed by atoms with Crippen molar-refractivity contribution in [2.75, 3.05) is 50.6 Å². The van der Waals surface area contributed by atoms with E-state index in [1.165, 1.54) is 0 Å². The van der Waals surface area contributed by atoms with Crippen molar-refractivity contribution in [2.45, 2.75) is 12.8 Å². The molecule has 0 saturated carbocycles. The minimum Gasteiger partial charge on any atom is -0.381 e. The van der Waals surface area contributed by atoms with Gasteiger partial charge in [0.2, 0.25) is 5.91 Å². The Morgan fingerprint density at radius 1 is 1.03 bits per heavy atom. The molecule has 1 spiro atoms. The zero-order valence-corrected chi connectivity index (χ0v) is 17.6. The van der Waals surface area contributed by atoms with E-state index in [9.17, 15) is 9.59 Å². The molecule has 1 atom stereocenters. The predicted octanol–water partition coefficient (Wildman–Crippen LogP) is 3.26. The molecule has 2 aliphatic rings. The second-order valence-electron chi connectivity index (χ2n) is 8.51. The van der Waals surface area contributed by atoms with E-state index in [0.717, 1.165) is 24.2 Å². The van der Waals surface area contributed by atoms with Gasteiger partial charge < -0.3 is 19.9 Å². The third-order valence-corrected chi connectivity index (χ3v) is 6.41. The van der Waals surface area contributed by atoms with E-state index in [-0.39, 0.29) is 23.1 Å². The highest BCUT2D eigenvalue weighted by Crippen LogP contribution is 2.45. The number of benzene rings is 2. The third-order valence-electron chi connectivity index (χ3n) is 6.41. The molecule has 1 N–H and O–H groups in total. The molecule has 0 aliphatic carbocycles. The van der Waals surface area contributed by atoms with Crippen LogP contribution in [0, 0.1) is 11.3 Å². The van der Waals surface area contributed by atoms with Crippen LogP contribution in [0.15, 0.2) is 54.6 Å². The lowest BCUT2D eigenvalue weighted by molar-refractivity contribution is -0.124. The Morgan fingerprint density at radius 2 is 1.70 bits per heavy atom. The highest BCUT2D eigenvalue weighted by atomic mass is 16.5. The standard InChI is InChI=1S/C24H29N3O3/c1-26(2)20-10-8-18(9-11-20)23(29)27-16-21(24(17-27)12-14-30-15-13-24)22(28)25-19-6-4-3-5-7-19/h3-11,21H,12-17H2,1-2H3,(H,25,28)/t21-/m1/s1. The summed E-state index contributed by atoms with van der Waals surface area (Å²) in [6.07, 6.45) is 1.59. The molecule has 2 fully saturated rings. The largest absolute Gasteiger partial charge is 0.381 e. The van der Waals surface area contributed by atoms with Gasteiger partial charge >= 0.3 is 0 Å². The highest BCUT2D eigenvalue weighted by molar-refractivity contribution is 5.97. The van der Waals surface area contributed by atoms with Crippen LogP contribution >= 0.6 is 0 Å². The molecule has 2 aliphatic heterocycles. The van der Waals surface area contributed by atoms with Gasteiger partial charge in [-0.2, -0.15) is 0 Å². The molecule has 0 bridgehead atoms. The van der Waals surface area contributed by atoms with Crippen molar-refractivity contribution in [1.29, 1.82) is 0 Å². The molecule has 30 heavy (non-hydrogen) atoms. The van der Waals surface area contributed by atoms with Gasteiger partial charge in [0.15, 0.2) is 0 Å². The minimum atomic E-state index is -0.244. The second kappa shape index (κ2) is 8.48. The average molecular weight is 408 g/mol. The van der Waals surface area contributed by atoms with E-state index in [0.29, 0.717) is 31.9 Å². The number of amides is 2. The van der Waals surface area contributed by atoms with Crippen molar-refractivity contribution in [3.63, 3.8) is 0 Å². The Morgan fingerprint density at radius 3 is 2.33 bits per heavy atom. The zero-order valence-electron chi connectivity index (χ0n) is 17.6. The molecule has 0 unspecified atom stereocenters. The normalized spacial score (nSPS) is 20.2. The maximum atomic E-state index is 13.2. The van der Waals surface area contributed by atoms with Crippen LogP contribution in [0.2, 0.25) is 0 Å². The van der Waals surface area contributed by atoms with E-state index in [1.807, 2.05) is 78.5 Å². The molecular formula is C24H29N3O3. The van der Waals surface area contributed by atoms with Crippen LogP contribution in [0.4, 0.5) is 11.4 Å². The van der Waals surface area contributed by atoms with Crippen molar-refractivity contribution in [3.05, 3.63) is 60.2 Å². The molecule has 2 amide bonds. The number of nitrogens with zero attached hydrogens (tertiary/aromatic N) is 2. The molecule has 0 radical (unpaired) electrons. The fourth-order valence-corrected chi connectivity index (χ4v) is 4.60. The Bertz CT molecular complexity index is 890. The van der Waals surface area contributed by atoms with Crippen LogP contribution in [0.5, 0.6) is 0 Å². The molecule has 2 aromatic rings. The Balaban J connectivity index is 1.54. The summed E-state index contributed by atoms with van der Waals surface area (Å²) in [7, 11) is 3.95. The van der Waals surface area contributed by atoms with E-state index < -0.39 is 0 Å². The summed E-state index contributed by atoms with van der Waals surface area (Å²) in [4.78, 5) is 30.3. The van der Waals surface area contributed by atoms with Gasteiger partial charge in [0.05, 0.1) is 5.92 Å². The average Bonchev–Trinajstić information content (AvgIpc) is 3.13. The van der Waals surface area contributed by atoms with E-state index >= 15 is 0 Å². The van der Waals surface area contributed by atoms with Gasteiger partial charge in [-0.25, -0.2) is 0 Å². The van der Waals surface area contributed by atoms with Gasteiger partial charge in [-0.1, -0.05) is 18.2 Å². The van der Waals surface area contributed by atoms with E-state index in [4.69, 9.17) is 4.74 Å². The van der Waals surface area contributed by atoms with Gasteiger partial charge in [-0.05, 0) is 49.2 Å². The number of likely N-dealkylation sites (tertiary alicyclic amines) is 1. The van der Waals surface area contributed by atoms with Crippen molar-refractivity contribution in [1.82, 2.24) is 4.90 Å². The number of ether oxygens (including phenoxy) is 1. The molecule has 6 heteroatoms. The van der Waals surface area contributed by atoms with Crippen LogP contribution in [0.1, 0.15) is 23.2 Å². The van der Waals surface area contributed by atoms with Crippen molar-refractivity contribution in [3.8, 4) is 0 Å². The van der Waals surface area contributed by atoms with Gasteiger partial charge in [-0.15, -0.1) is 0 Å². The summed E-state index contributed by atoms with van der Waals surface area (Å²) in [6, 6.07) is 17.1. The summed E-state index contributed by atoms with van der Waals surface area (Å²) in [5, 5.41) is 3.05. The maximum Gasteiger partial charge on any atom is 0.253 e. The van der Waals surface area contributed by atoms with Gasteiger partial charge in [0, 0.05) is 62.8 Å². The lowest BCUT2D eigenvalue weighted by atomic mass is 9.71. The van der Waals surface area contributed by atoms with Gasteiger partial charge in [0.1, 0.15) is 0 Å². The van der Waals surface area contributed by atoms with Gasteiger partial charge in [-0.3, -0.25) is 9.59 Å². The number of anilines is 2. The Hall–Kier alpha value is -2.86. The summed E-state index contributed by atoms with van der Waals surface area (Å²) < 4.78 is 5.58. The summed E-state index contributed by atoms with van der Waals surface area (Å²) >= 11 is 0. The zero-order chi connectivity index (χ0) is 21.1. The number of hydrogen-bond acceptors (Lipinski definition) is 4. The first-order valence-electron chi connectivity index (χ1n) is 10.5. The fraction of sp³-hybridized carbons (Fsp3) is 0.417. The first kappa shape index (κ1) is 20.4. The lowest BCUT2D eigenvalue weighted by Gasteiger charge is -2.37. The number of para-hydroxylation sites is 1.